The molecule has 1 aliphatic heterocycles. The molecule has 2 atom stereocenters. The van der Waals surface area contributed by atoms with Gasteiger partial charge in [0.25, 0.3) is 5.91 Å². The molecule has 218 valence electrons. The first-order valence-electron chi connectivity index (χ1n) is 13.3. The number of amides is 2. The van der Waals surface area contributed by atoms with Gasteiger partial charge in [0.05, 0.1) is 52.8 Å². The molecule has 0 saturated carbocycles. The van der Waals surface area contributed by atoms with Crippen molar-refractivity contribution in [3.05, 3.63) is 76.3 Å². The van der Waals surface area contributed by atoms with Gasteiger partial charge in [0.2, 0.25) is 11.9 Å². The third-order valence-corrected chi connectivity index (χ3v) is 7.63. The van der Waals surface area contributed by atoms with E-state index in [1.54, 1.807) is 29.9 Å². The van der Waals surface area contributed by atoms with Gasteiger partial charge in [-0.15, -0.1) is 0 Å². The van der Waals surface area contributed by atoms with Gasteiger partial charge in [0, 0.05) is 38.8 Å². The molecule has 1 aliphatic rings. The number of aryl methyl sites for hydroxylation is 1. The number of aliphatic hydroxyl groups excluding tert-OH is 1. The van der Waals surface area contributed by atoms with Crippen LogP contribution in [0.15, 0.2) is 48.8 Å². The van der Waals surface area contributed by atoms with Gasteiger partial charge >= 0.3 is 0 Å². The fraction of sp³-hybridized carbons (Fsp3) is 0.310. The first-order chi connectivity index (χ1) is 20.1. The Morgan fingerprint density at radius 3 is 2.67 bits per heavy atom. The molecule has 0 bridgehead atoms. The summed E-state index contributed by atoms with van der Waals surface area (Å²) in [5.41, 5.74) is 4.58. The number of nitrogens with zero attached hydrogens (tertiary/aromatic N) is 7. The summed E-state index contributed by atoms with van der Waals surface area (Å²) in [6.45, 7) is 3.52. The van der Waals surface area contributed by atoms with Crippen LogP contribution in [0.25, 0.3) is 11.3 Å². The molecule has 42 heavy (non-hydrogen) atoms. The van der Waals surface area contributed by atoms with Gasteiger partial charge in [-0.25, -0.2) is 15.0 Å². The Kier molecular flexibility index (Phi) is 8.10. The summed E-state index contributed by atoms with van der Waals surface area (Å²) in [5.74, 6) is 0.367. The van der Waals surface area contributed by atoms with Crippen LogP contribution >= 0.6 is 11.6 Å². The molecule has 4 heterocycles. The number of hydrogen-bond acceptors (Lipinski definition) is 9. The van der Waals surface area contributed by atoms with Crippen LogP contribution in [0.5, 0.6) is 0 Å². The second kappa shape index (κ2) is 11.7. The molecule has 13 heteroatoms. The van der Waals surface area contributed by atoms with Crippen molar-refractivity contribution in [1.29, 1.82) is 0 Å². The highest BCUT2D eigenvalue weighted by Crippen LogP contribution is 2.33. The number of fused-ring (bicyclic) bond motifs is 1. The lowest BCUT2D eigenvalue weighted by atomic mass is 10.0. The van der Waals surface area contributed by atoms with Crippen LogP contribution in [-0.2, 0) is 18.4 Å². The third kappa shape index (κ3) is 5.63. The number of rotatable bonds is 9. The zero-order valence-corrected chi connectivity index (χ0v) is 24.7. The molecule has 1 aromatic carbocycles. The molecule has 12 nitrogen and oxygen atoms in total. The highest BCUT2D eigenvalue weighted by Gasteiger charge is 2.35. The lowest BCUT2D eigenvalue weighted by molar-refractivity contribution is -0.126. The Hall–Kier alpha value is -4.55. The minimum Gasteiger partial charge on any atom is -0.394 e. The molecular weight excluding hydrogens is 558 g/mol. The summed E-state index contributed by atoms with van der Waals surface area (Å²) < 4.78 is 1.74. The molecule has 0 fully saturated rings. The lowest BCUT2D eigenvalue weighted by Crippen LogP contribution is -2.47. The van der Waals surface area contributed by atoms with E-state index in [0.29, 0.717) is 39.3 Å². The second-order valence-electron chi connectivity index (χ2n) is 10.3. The van der Waals surface area contributed by atoms with Crippen LogP contribution in [0.3, 0.4) is 0 Å². The minimum atomic E-state index is -0.791. The summed E-state index contributed by atoms with van der Waals surface area (Å²) in [7, 11) is 5.57. The SMILES string of the molecule is Cc1c(Nc2ncc(Cl)c(-c3ccc4c(c3)C(=O)N([C@H](C)C(=O)N[C@H](CO)c3cccc(N(C)C)n3)C4)n2)cnn1C. The molecule has 3 aromatic heterocycles. The number of hydrogen-bond donors (Lipinski definition) is 3. The zero-order chi connectivity index (χ0) is 30.1. The van der Waals surface area contributed by atoms with Gasteiger partial charge in [0.1, 0.15) is 11.9 Å². The quantitative estimate of drug-likeness (QED) is 0.268. The number of aliphatic hydroxyl groups is 1. The van der Waals surface area contributed by atoms with E-state index in [-0.39, 0.29) is 19.1 Å². The van der Waals surface area contributed by atoms with Crippen LogP contribution in [0, 0.1) is 6.92 Å². The fourth-order valence-electron chi connectivity index (χ4n) is 4.68. The average Bonchev–Trinajstić information content (AvgIpc) is 3.49. The maximum absolute atomic E-state index is 13.5. The Bertz CT molecular complexity index is 1660. The topological polar surface area (TPSA) is 141 Å². The highest BCUT2D eigenvalue weighted by molar-refractivity contribution is 6.33. The van der Waals surface area contributed by atoms with E-state index >= 15 is 0 Å². The number of anilines is 3. The predicted octanol–water partition coefficient (Wildman–Crippen LogP) is 3.24. The first-order valence-corrected chi connectivity index (χ1v) is 13.7. The fourth-order valence-corrected chi connectivity index (χ4v) is 4.89. The Morgan fingerprint density at radius 2 is 1.98 bits per heavy atom. The molecule has 2 amide bonds. The first kappa shape index (κ1) is 29.0. The monoisotopic (exact) mass is 589 g/mol. The van der Waals surface area contributed by atoms with Crippen molar-refractivity contribution < 1.29 is 14.7 Å². The smallest absolute Gasteiger partial charge is 0.255 e. The number of benzene rings is 1. The van der Waals surface area contributed by atoms with Gasteiger partial charge in [0.15, 0.2) is 0 Å². The number of carbonyl (C=O) groups excluding carboxylic acids is 2. The van der Waals surface area contributed by atoms with E-state index in [0.717, 1.165) is 16.9 Å². The van der Waals surface area contributed by atoms with Gasteiger partial charge in [-0.1, -0.05) is 29.8 Å². The Balaban J connectivity index is 1.33. The van der Waals surface area contributed by atoms with Crippen LogP contribution in [0.4, 0.5) is 17.5 Å². The normalized spacial score (nSPS) is 14.0. The van der Waals surface area contributed by atoms with E-state index < -0.39 is 18.0 Å². The number of halogens is 1. The standard InChI is InChI=1S/C29H32ClN9O3/c1-16-23(13-32-38(16)5)35-29-31-12-21(30)26(36-29)18-9-10-19-14-39(28(42)20(19)11-18)17(2)27(41)34-24(15-40)22-7-6-8-25(33-22)37(3)4/h6-13,17,24,40H,14-15H2,1-5H3,(H,34,41)(H,31,35,36)/t17-,24-/m1/s1. The summed E-state index contributed by atoms with van der Waals surface area (Å²) in [6, 6.07) is 9.32. The van der Waals surface area contributed by atoms with Gasteiger partial charge in [-0.3, -0.25) is 14.3 Å². The van der Waals surface area contributed by atoms with Crippen molar-refractivity contribution in [3.63, 3.8) is 0 Å². The van der Waals surface area contributed by atoms with E-state index in [2.05, 4.69) is 30.7 Å². The molecule has 0 unspecified atom stereocenters. The van der Waals surface area contributed by atoms with Crippen molar-refractivity contribution in [2.45, 2.75) is 32.5 Å². The van der Waals surface area contributed by atoms with Crippen molar-refractivity contribution >= 4 is 40.9 Å². The number of carbonyl (C=O) groups is 2. The third-order valence-electron chi connectivity index (χ3n) is 7.36. The average molecular weight is 590 g/mol. The molecule has 0 spiro atoms. The van der Waals surface area contributed by atoms with Crippen molar-refractivity contribution in [2.75, 3.05) is 30.9 Å². The summed E-state index contributed by atoms with van der Waals surface area (Å²) in [5, 5.41) is 20.6. The van der Waals surface area contributed by atoms with Gasteiger partial charge < -0.3 is 25.5 Å². The van der Waals surface area contributed by atoms with Crippen LogP contribution in [0.1, 0.15) is 40.3 Å². The number of nitrogens with one attached hydrogen (secondary N) is 2. The molecular formula is C29H32ClN9O3. The van der Waals surface area contributed by atoms with Crippen molar-refractivity contribution in [3.8, 4) is 11.3 Å². The molecule has 4 aromatic rings. The summed E-state index contributed by atoms with van der Waals surface area (Å²) in [4.78, 5) is 43.5. The van der Waals surface area contributed by atoms with Crippen LogP contribution < -0.4 is 15.5 Å². The molecule has 5 rings (SSSR count). The van der Waals surface area contributed by atoms with Crippen molar-refractivity contribution in [2.24, 2.45) is 7.05 Å². The van der Waals surface area contributed by atoms with E-state index in [1.165, 1.54) is 11.1 Å². The maximum Gasteiger partial charge on any atom is 0.255 e. The van der Waals surface area contributed by atoms with Crippen LogP contribution in [0.2, 0.25) is 5.02 Å². The number of pyridine rings is 1. The summed E-state index contributed by atoms with van der Waals surface area (Å²) in [6.07, 6.45) is 3.19. The van der Waals surface area contributed by atoms with Crippen LogP contribution in [-0.4, -0.2) is 73.3 Å². The second-order valence-corrected chi connectivity index (χ2v) is 10.7. The molecule has 0 radical (unpaired) electrons. The van der Waals surface area contributed by atoms with E-state index in [9.17, 15) is 14.7 Å². The summed E-state index contributed by atoms with van der Waals surface area (Å²) >= 11 is 6.47. The zero-order valence-electron chi connectivity index (χ0n) is 24.0. The molecule has 0 aliphatic carbocycles. The Labute approximate surface area is 248 Å². The minimum absolute atomic E-state index is 0.270. The van der Waals surface area contributed by atoms with E-state index in [4.69, 9.17) is 11.6 Å². The highest BCUT2D eigenvalue weighted by atomic mass is 35.5. The maximum atomic E-state index is 13.5. The molecule has 0 saturated heterocycles. The largest absolute Gasteiger partial charge is 0.394 e. The van der Waals surface area contributed by atoms with Gasteiger partial charge in [-0.05, 0) is 37.6 Å². The Morgan fingerprint density at radius 1 is 1.19 bits per heavy atom. The van der Waals surface area contributed by atoms with Crippen molar-refractivity contribution in [1.82, 2.24) is 34.9 Å². The molecule has 3 N–H and O–H groups in total. The van der Waals surface area contributed by atoms with Gasteiger partial charge in [-0.2, -0.15) is 5.10 Å². The lowest BCUT2D eigenvalue weighted by Gasteiger charge is -2.26. The number of aromatic nitrogens is 5. The van der Waals surface area contributed by atoms with E-state index in [1.807, 2.05) is 57.2 Å². The predicted molar refractivity (Wildman–Crippen MR) is 160 cm³/mol.